The number of nitrogens with zero attached hydrogens (tertiary/aromatic N) is 4. The Balaban J connectivity index is 0.00000172. The second-order valence-corrected chi connectivity index (χ2v) is 11.5. The summed E-state index contributed by atoms with van der Waals surface area (Å²) in [6, 6.07) is 53.3. The molecule has 8 rings (SSSR count). The highest BCUT2D eigenvalue weighted by molar-refractivity contribution is 6.22. The summed E-state index contributed by atoms with van der Waals surface area (Å²) in [5, 5.41) is 4.76. The Kier molecular flexibility index (Phi) is 8.24. The van der Waals surface area contributed by atoms with Gasteiger partial charge in [0.2, 0.25) is 5.96 Å². The van der Waals surface area contributed by atoms with Crippen molar-refractivity contribution >= 4 is 55.3 Å². The maximum Gasteiger partial charge on any atom is 0.230 e. The number of aliphatic imine (C=N–C) groups is 2. The van der Waals surface area contributed by atoms with Crippen LogP contribution in [0, 0.1) is 0 Å². The first-order valence-electron chi connectivity index (χ1n) is 16.4. The van der Waals surface area contributed by atoms with Crippen LogP contribution < -0.4 is 0 Å². The zero-order valence-electron chi connectivity index (χ0n) is 27.3. The minimum Gasteiger partial charge on any atom is -0.309 e. The summed E-state index contributed by atoms with van der Waals surface area (Å²) in [4.78, 5) is 10.6. The SMILES string of the molecule is C/C(=N\C(=NC(C)c1ccccc1)n1c2ccccc2c2cc3c(cc21)c1ccccc1n3-c1ccccc1)c1ccccc1.CC. The Hall–Kier alpha value is -5.74. The zero-order chi connectivity index (χ0) is 32.3. The first-order chi connectivity index (χ1) is 23.2. The summed E-state index contributed by atoms with van der Waals surface area (Å²) in [6.45, 7) is 8.21. The third kappa shape index (κ3) is 5.42. The molecule has 0 bridgehead atoms. The Bertz CT molecular complexity index is 2380. The van der Waals surface area contributed by atoms with Gasteiger partial charge in [-0.05, 0) is 61.4 Å². The maximum absolute atomic E-state index is 5.34. The first-order valence-corrected chi connectivity index (χ1v) is 16.4. The lowest BCUT2D eigenvalue weighted by atomic mass is 10.1. The smallest absolute Gasteiger partial charge is 0.230 e. The molecule has 1 unspecified atom stereocenters. The summed E-state index contributed by atoms with van der Waals surface area (Å²) >= 11 is 0. The molecule has 230 valence electrons. The molecule has 4 heteroatoms. The average molecular weight is 611 g/mol. The van der Waals surface area contributed by atoms with Crippen LogP contribution in [0.15, 0.2) is 162 Å². The van der Waals surface area contributed by atoms with Crippen molar-refractivity contribution in [1.82, 2.24) is 9.13 Å². The fourth-order valence-corrected chi connectivity index (χ4v) is 6.51. The minimum atomic E-state index is -0.0894. The Morgan fingerprint density at radius 2 is 1.04 bits per heavy atom. The Morgan fingerprint density at radius 3 is 1.72 bits per heavy atom. The molecule has 0 aliphatic carbocycles. The lowest BCUT2D eigenvalue weighted by molar-refractivity contribution is 0.810. The summed E-state index contributed by atoms with van der Waals surface area (Å²) < 4.78 is 4.63. The molecule has 0 aliphatic rings. The van der Waals surface area contributed by atoms with Gasteiger partial charge in [-0.3, -0.25) is 4.57 Å². The first kappa shape index (κ1) is 29.9. The molecule has 0 saturated carbocycles. The summed E-state index contributed by atoms with van der Waals surface area (Å²) in [7, 11) is 0. The van der Waals surface area contributed by atoms with Crippen LogP contribution in [0.1, 0.15) is 44.9 Å². The van der Waals surface area contributed by atoms with Gasteiger partial charge in [-0.15, -0.1) is 0 Å². The molecule has 0 saturated heterocycles. The van der Waals surface area contributed by atoms with E-state index in [0.29, 0.717) is 5.96 Å². The van der Waals surface area contributed by atoms with Crippen molar-refractivity contribution in [2.45, 2.75) is 33.7 Å². The lowest BCUT2D eigenvalue weighted by Crippen LogP contribution is -2.13. The number of aromatic nitrogens is 2. The fraction of sp³-hybridized carbons (Fsp3) is 0.116. The average Bonchev–Trinajstić information content (AvgIpc) is 3.64. The standard InChI is InChI=1S/C41H32N4.C2H6/c1-28(30-16-6-3-7-17-30)42-41(43-29(2)31-18-8-4-9-19-31)45-38-25-15-13-23-34(38)36-26-39-35(27-40(36)45)33-22-12-14-24-37(33)44(39)32-20-10-5-11-21-32;1-2/h3-28H,1-2H3;1-2H3/b42-41?,43-29+;. The van der Waals surface area contributed by atoms with Crippen LogP contribution in [-0.2, 0) is 0 Å². The van der Waals surface area contributed by atoms with E-state index in [-0.39, 0.29) is 6.04 Å². The van der Waals surface area contributed by atoms with Gasteiger partial charge in [-0.2, -0.15) is 0 Å². The van der Waals surface area contributed by atoms with Gasteiger partial charge in [0.05, 0.1) is 28.1 Å². The van der Waals surface area contributed by atoms with E-state index in [1.165, 1.54) is 32.6 Å². The van der Waals surface area contributed by atoms with Gasteiger partial charge in [0.25, 0.3) is 0 Å². The number of benzene rings is 6. The van der Waals surface area contributed by atoms with Gasteiger partial charge in [0.1, 0.15) is 0 Å². The normalized spacial score (nSPS) is 12.9. The summed E-state index contributed by atoms with van der Waals surface area (Å²) in [5.74, 6) is 0.671. The topological polar surface area (TPSA) is 34.6 Å². The number of fused-ring (bicyclic) bond motifs is 6. The van der Waals surface area contributed by atoms with E-state index in [9.17, 15) is 0 Å². The van der Waals surface area contributed by atoms with Crippen LogP contribution >= 0.6 is 0 Å². The van der Waals surface area contributed by atoms with E-state index in [2.05, 4.69) is 163 Å². The van der Waals surface area contributed by atoms with Gasteiger partial charge < -0.3 is 4.57 Å². The van der Waals surface area contributed by atoms with E-state index in [1.807, 2.05) is 26.0 Å². The molecule has 1 atom stereocenters. The van der Waals surface area contributed by atoms with Crippen molar-refractivity contribution < 1.29 is 0 Å². The Morgan fingerprint density at radius 1 is 0.532 bits per heavy atom. The molecule has 8 aromatic rings. The van der Waals surface area contributed by atoms with Crippen molar-refractivity contribution in [3.63, 3.8) is 0 Å². The summed E-state index contributed by atoms with van der Waals surface area (Å²) in [6.07, 6.45) is 0. The van der Waals surface area contributed by atoms with Crippen LogP contribution in [0.5, 0.6) is 0 Å². The van der Waals surface area contributed by atoms with Crippen LogP contribution in [-0.4, -0.2) is 20.8 Å². The van der Waals surface area contributed by atoms with Gasteiger partial charge >= 0.3 is 0 Å². The predicted molar refractivity (Wildman–Crippen MR) is 201 cm³/mol. The third-order valence-electron chi connectivity index (χ3n) is 8.73. The molecular formula is C43H38N4. The largest absolute Gasteiger partial charge is 0.309 e. The Labute approximate surface area is 276 Å². The molecule has 2 heterocycles. The van der Waals surface area contributed by atoms with Gasteiger partial charge in [0.15, 0.2) is 0 Å². The van der Waals surface area contributed by atoms with Crippen molar-refractivity contribution in [2.24, 2.45) is 9.98 Å². The third-order valence-corrected chi connectivity index (χ3v) is 8.73. The molecule has 0 N–H and O–H groups in total. The van der Waals surface area contributed by atoms with Crippen molar-refractivity contribution in [1.29, 1.82) is 0 Å². The minimum absolute atomic E-state index is 0.0894. The molecule has 0 aliphatic heterocycles. The highest BCUT2D eigenvalue weighted by atomic mass is 15.2. The van der Waals surface area contributed by atoms with Gasteiger partial charge in [0, 0.05) is 32.9 Å². The number of para-hydroxylation sites is 3. The van der Waals surface area contributed by atoms with E-state index >= 15 is 0 Å². The molecule has 0 spiro atoms. The molecule has 0 fully saturated rings. The number of hydrogen-bond donors (Lipinski definition) is 0. The van der Waals surface area contributed by atoms with Crippen molar-refractivity contribution in [3.8, 4) is 5.69 Å². The van der Waals surface area contributed by atoms with Crippen LogP contribution in [0.4, 0.5) is 0 Å². The van der Waals surface area contributed by atoms with Crippen molar-refractivity contribution in [2.75, 3.05) is 0 Å². The fourth-order valence-electron chi connectivity index (χ4n) is 6.51. The van der Waals surface area contributed by atoms with Gasteiger partial charge in [-0.1, -0.05) is 129 Å². The highest BCUT2D eigenvalue weighted by Gasteiger charge is 2.20. The molecule has 6 aromatic carbocycles. The zero-order valence-corrected chi connectivity index (χ0v) is 27.3. The molecule has 0 amide bonds. The number of rotatable bonds is 4. The van der Waals surface area contributed by atoms with Gasteiger partial charge in [-0.25, -0.2) is 9.98 Å². The van der Waals surface area contributed by atoms with E-state index in [0.717, 1.165) is 33.6 Å². The van der Waals surface area contributed by atoms with E-state index < -0.39 is 0 Å². The highest BCUT2D eigenvalue weighted by Crippen LogP contribution is 2.38. The molecule has 2 aromatic heterocycles. The maximum atomic E-state index is 5.34. The molecule has 4 nitrogen and oxygen atoms in total. The quantitative estimate of drug-likeness (QED) is 0.140. The lowest BCUT2D eigenvalue weighted by Gasteiger charge is -2.13. The summed E-state index contributed by atoms with van der Waals surface area (Å²) in [5.41, 5.74) is 8.83. The predicted octanol–water partition coefficient (Wildman–Crippen LogP) is 11.4. The van der Waals surface area contributed by atoms with E-state index in [4.69, 9.17) is 9.98 Å². The van der Waals surface area contributed by atoms with Crippen molar-refractivity contribution in [3.05, 3.63) is 163 Å². The van der Waals surface area contributed by atoms with Crippen LogP contribution in [0.2, 0.25) is 0 Å². The second kappa shape index (κ2) is 12.9. The molecule has 47 heavy (non-hydrogen) atoms. The van der Waals surface area contributed by atoms with E-state index in [1.54, 1.807) is 0 Å². The second-order valence-electron chi connectivity index (χ2n) is 11.5. The monoisotopic (exact) mass is 610 g/mol. The molecular weight excluding hydrogens is 573 g/mol. The number of hydrogen-bond acceptors (Lipinski definition) is 1. The molecule has 0 radical (unpaired) electrons. The van der Waals surface area contributed by atoms with Crippen LogP contribution in [0.3, 0.4) is 0 Å². The van der Waals surface area contributed by atoms with Crippen LogP contribution in [0.25, 0.3) is 49.3 Å².